The number of hydrogen-bond donors (Lipinski definition) is 2. The Morgan fingerprint density at radius 3 is 2.47 bits per heavy atom. The summed E-state index contributed by atoms with van der Waals surface area (Å²) in [7, 11) is 0. The van der Waals surface area contributed by atoms with Gasteiger partial charge in [0.2, 0.25) is 5.91 Å². The van der Waals surface area contributed by atoms with E-state index in [0.717, 1.165) is 16.7 Å². The Morgan fingerprint density at radius 2 is 1.89 bits per heavy atom. The number of nitrogens with one attached hydrogen (secondary N) is 1. The first-order chi connectivity index (χ1) is 9.06. The Bertz CT molecular complexity index is 594. The second-order valence-electron chi connectivity index (χ2n) is 4.39. The molecule has 4 heteroatoms. The molecule has 0 saturated carbocycles. The molecule has 0 radical (unpaired) electrons. The van der Waals surface area contributed by atoms with Gasteiger partial charge in [-0.05, 0) is 48.4 Å². The fourth-order valence-electron chi connectivity index (χ4n) is 1.75. The maximum absolute atomic E-state index is 11.0. The van der Waals surface area contributed by atoms with Crippen molar-refractivity contribution in [3.8, 4) is 0 Å². The number of aryl methyl sites for hydroxylation is 1. The van der Waals surface area contributed by atoms with Crippen LogP contribution in [0.15, 0.2) is 46.9 Å². The van der Waals surface area contributed by atoms with E-state index < -0.39 is 5.91 Å². The normalized spacial score (nSPS) is 10.2. The minimum atomic E-state index is -0.409. The molecule has 0 aliphatic rings. The van der Waals surface area contributed by atoms with E-state index in [1.807, 2.05) is 12.1 Å². The van der Waals surface area contributed by atoms with Gasteiger partial charge in [0.1, 0.15) is 0 Å². The molecular formula is C15H15BrN2O. The van der Waals surface area contributed by atoms with Crippen molar-refractivity contribution in [2.75, 3.05) is 5.32 Å². The molecule has 0 aliphatic heterocycles. The standard InChI is InChI=1S/C15H15BrN2O/c1-10-2-3-12(14(16)8-10)9-18-13-6-4-11(5-7-13)15(17)19/h2-8,18H,9H2,1H3,(H2,17,19). The van der Waals surface area contributed by atoms with Crippen LogP contribution in [0.1, 0.15) is 21.5 Å². The van der Waals surface area contributed by atoms with Crippen molar-refractivity contribution < 1.29 is 4.79 Å². The van der Waals surface area contributed by atoms with Crippen LogP contribution < -0.4 is 11.1 Å². The van der Waals surface area contributed by atoms with Gasteiger partial charge in [0.15, 0.2) is 0 Å². The lowest BCUT2D eigenvalue weighted by molar-refractivity contribution is 0.100. The maximum Gasteiger partial charge on any atom is 0.248 e. The van der Waals surface area contributed by atoms with Gasteiger partial charge in [0, 0.05) is 22.3 Å². The number of anilines is 1. The zero-order valence-corrected chi connectivity index (χ0v) is 12.2. The third-order valence-corrected chi connectivity index (χ3v) is 3.60. The molecule has 0 aliphatic carbocycles. The number of hydrogen-bond acceptors (Lipinski definition) is 2. The zero-order valence-electron chi connectivity index (χ0n) is 10.6. The van der Waals surface area contributed by atoms with Crippen LogP contribution in [0.5, 0.6) is 0 Å². The van der Waals surface area contributed by atoms with Crippen LogP contribution in [0.25, 0.3) is 0 Å². The highest BCUT2D eigenvalue weighted by atomic mass is 79.9. The van der Waals surface area contributed by atoms with Gasteiger partial charge in [0.05, 0.1) is 0 Å². The van der Waals surface area contributed by atoms with E-state index in [4.69, 9.17) is 5.73 Å². The number of carbonyl (C=O) groups is 1. The Labute approximate surface area is 121 Å². The minimum absolute atomic E-state index is 0.409. The number of nitrogens with two attached hydrogens (primary N) is 1. The van der Waals surface area contributed by atoms with Crippen LogP contribution in [-0.4, -0.2) is 5.91 Å². The van der Waals surface area contributed by atoms with Crippen LogP contribution in [0.4, 0.5) is 5.69 Å². The second kappa shape index (κ2) is 5.89. The predicted octanol–water partition coefficient (Wildman–Crippen LogP) is 3.47. The number of rotatable bonds is 4. The SMILES string of the molecule is Cc1ccc(CNc2ccc(C(N)=O)cc2)c(Br)c1. The van der Waals surface area contributed by atoms with Crippen LogP contribution in [0, 0.1) is 6.92 Å². The molecule has 0 bridgehead atoms. The van der Waals surface area contributed by atoms with Crippen molar-refractivity contribution in [2.24, 2.45) is 5.73 Å². The molecule has 0 heterocycles. The van der Waals surface area contributed by atoms with Crippen molar-refractivity contribution in [1.82, 2.24) is 0 Å². The lowest BCUT2D eigenvalue weighted by Gasteiger charge is -2.09. The summed E-state index contributed by atoms with van der Waals surface area (Å²) in [5.74, 6) is -0.409. The highest BCUT2D eigenvalue weighted by Gasteiger charge is 2.02. The Balaban J connectivity index is 2.04. The highest BCUT2D eigenvalue weighted by molar-refractivity contribution is 9.10. The molecule has 3 nitrogen and oxygen atoms in total. The van der Waals surface area contributed by atoms with Crippen LogP contribution >= 0.6 is 15.9 Å². The van der Waals surface area contributed by atoms with E-state index in [0.29, 0.717) is 5.56 Å². The summed E-state index contributed by atoms with van der Waals surface area (Å²) in [6.07, 6.45) is 0. The summed E-state index contributed by atoms with van der Waals surface area (Å²) in [5, 5.41) is 3.31. The van der Waals surface area contributed by atoms with Gasteiger partial charge >= 0.3 is 0 Å². The minimum Gasteiger partial charge on any atom is -0.381 e. The van der Waals surface area contributed by atoms with Gasteiger partial charge in [-0.2, -0.15) is 0 Å². The largest absolute Gasteiger partial charge is 0.381 e. The molecule has 0 unspecified atom stereocenters. The summed E-state index contributed by atoms with van der Waals surface area (Å²) >= 11 is 3.55. The molecule has 0 saturated heterocycles. The van der Waals surface area contributed by atoms with Crippen LogP contribution in [-0.2, 0) is 6.54 Å². The van der Waals surface area contributed by atoms with Gasteiger partial charge in [-0.25, -0.2) is 0 Å². The van der Waals surface area contributed by atoms with Crippen molar-refractivity contribution in [2.45, 2.75) is 13.5 Å². The summed E-state index contributed by atoms with van der Waals surface area (Å²) in [6, 6.07) is 13.4. The first-order valence-electron chi connectivity index (χ1n) is 5.95. The van der Waals surface area contributed by atoms with E-state index in [1.54, 1.807) is 12.1 Å². The molecular weight excluding hydrogens is 304 g/mol. The van der Waals surface area contributed by atoms with E-state index in [2.05, 4.69) is 46.4 Å². The predicted molar refractivity (Wildman–Crippen MR) is 81.2 cm³/mol. The van der Waals surface area contributed by atoms with Crippen molar-refractivity contribution >= 4 is 27.5 Å². The lowest BCUT2D eigenvalue weighted by atomic mass is 10.1. The fourth-order valence-corrected chi connectivity index (χ4v) is 2.38. The van der Waals surface area contributed by atoms with Crippen molar-refractivity contribution in [1.29, 1.82) is 0 Å². The average Bonchev–Trinajstić information content (AvgIpc) is 2.38. The van der Waals surface area contributed by atoms with E-state index in [9.17, 15) is 4.79 Å². The number of carbonyl (C=O) groups excluding carboxylic acids is 1. The third kappa shape index (κ3) is 3.58. The van der Waals surface area contributed by atoms with Gasteiger partial charge < -0.3 is 11.1 Å². The number of benzene rings is 2. The molecule has 0 aromatic heterocycles. The number of primary amides is 1. The van der Waals surface area contributed by atoms with Gasteiger partial charge in [-0.3, -0.25) is 4.79 Å². The molecule has 3 N–H and O–H groups in total. The maximum atomic E-state index is 11.0. The zero-order chi connectivity index (χ0) is 13.8. The Morgan fingerprint density at radius 1 is 1.21 bits per heavy atom. The van der Waals surface area contributed by atoms with Crippen LogP contribution in [0.3, 0.4) is 0 Å². The molecule has 19 heavy (non-hydrogen) atoms. The molecule has 0 atom stereocenters. The molecule has 0 fully saturated rings. The van der Waals surface area contributed by atoms with Gasteiger partial charge in [-0.15, -0.1) is 0 Å². The molecule has 1 amide bonds. The average molecular weight is 319 g/mol. The quantitative estimate of drug-likeness (QED) is 0.906. The topological polar surface area (TPSA) is 55.1 Å². The molecule has 98 valence electrons. The summed E-state index contributed by atoms with van der Waals surface area (Å²) in [6.45, 7) is 2.78. The smallest absolute Gasteiger partial charge is 0.248 e. The van der Waals surface area contributed by atoms with Gasteiger partial charge in [0.25, 0.3) is 0 Å². The molecule has 2 aromatic carbocycles. The van der Waals surface area contributed by atoms with Crippen molar-refractivity contribution in [3.63, 3.8) is 0 Å². The number of halogens is 1. The van der Waals surface area contributed by atoms with Gasteiger partial charge in [-0.1, -0.05) is 28.1 Å². The Kier molecular flexibility index (Phi) is 4.22. The Hall–Kier alpha value is -1.81. The molecule has 2 rings (SSSR count). The van der Waals surface area contributed by atoms with Crippen LogP contribution in [0.2, 0.25) is 0 Å². The molecule has 0 spiro atoms. The third-order valence-electron chi connectivity index (χ3n) is 2.86. The first-order valence-corrected chi connectivity index (χ1v) is 6.74. The first kappa shape index (κ1) is 13.6. The van der Waals surface area contributed by atoms with Crippen molar-refractivity contribution in [3.05, 3.63) is 63.6 Å². The monoisotopic (exact) mass is 318 g/mol. The highest BCUT2D eigenvalue weighted by Crippen LogP contribution is 2.20. The summed E-state index contributed by atoms with van der Waals surface area (Å²) in [4.78, 5) is 11.0. The number of amides is 1. The van der Waals surface area contributed by atoms with E-state index >= 15 is 0 Å². The summed E-state index contributed by atoms with van der Waals surface area (Å²) < 4.78 is 1.09. The summed E-state index contributed by atoms with van der Waals surface area (Å²) in [5.41, 5.74) is 9.08. The van der Waals surface area contributed by atoms with E-state index in [-0.39, 0.29) is 0 Å². The fraction of sp³-hybridized carbons (Fsp3) is 0.133. The lowest BCUT2D eigenvalue weighted by Crippen LogP contribution is -2.10. The molecule has 2 aromatic rings. The van der Waals surface area contributed by atoms with E-state index in [1.165, 1.54) is 11.1 Å². The second-order valence-corrected chi connectivity index (χ2v) is 5.24.